The summed E-state index contributed by atoms with van der Waals surface area (Å²) >= 11 is 1.39. The molecule has 0 saturated carbocycles. The zero-order chi connectivity index (χ0) is 22.8. The summed E-state index contributed by atoms with van der Waals surface area (Å²) in [6.45, 7) is 4.07. The molecule has 7 nitrogen and oxygen atoms in total. The Bertz CT molecular complexity index is 1180. The molecule has 4 amide bonds. The lowest BCUT2D eigenvalue weighted by molar-refractivity contribution is -0.143. The smallest absolute Gasteiger partial charge is 0.335 e. The van der Waals surface area contributed by atoms with Crippen LogP contribution < -0.4 is 0 Å². The molecule has 1 saturated heterocycles. The molecule has 0 radical (unpaired) electrons. The number of imide groups is 2. The number of aryl methyl sites for hydroxylation is 2. The lowest BCUT2D eigenvalue weighted by atomic mass is 10.1. The van der Waals surface area contributed by atoms with Gasteiger partial charge in [0.1, 0.15) is 0 Å². The normalized spacial score (nSPS) is 14.0. The van der Waals surface area contributed by atoms with Crippen molar-refractivity contribution < 1.29 is 19.2 Å². The monoisotopic (exact) mass is 449 g/mol. The van der Waals surface area contributed by atoms with E-state index in [2.05, 4.69) is 16.7 Å². The van der Waals surface area contributed by atoms with Crippen molar-refractivity contribution in [3.05, 3.63) is 81.3 Å². The number of thiophene rings is 1. The fourth-order valence-electron chi connectivity index (χ4n) is 3.93. The van der Waals surface area contributed by atoms with Gasteiger partial charge >= 0.3 is 17.8 Å². The van der Waals surface area contributed by atoms with Crippen LogP contribution >= 0.6 is 11.3 Å². The molecule has 32 heavy (non-hydrogen) atoms. The highest BCUT2D eigenvalue weighted by Crippen LogP contribution is 2.21. The summed E-state index contributed by atoms with van der Waals surface area (Å²) in [7, 11) is 0. The maximum absolute atomic E-state index is 13.0. The van der Waals surface area contributed by atoms with Crippen LogP contribution in [0.15, 0.2) is 53.9 Å². The third kappa shape index (κ3) is 4.13. The zero-order valence-corrected chi connectivity index (χ0v) is 18.7. The van der Waals surface area contributed by atoms with E-state index in [1.54, 1.807) is 12.1 Å². The SMILES string of the molecule is Cc1cc(C(=O)CN2C(=O)C(=O)N(Cc3cccs3)C2=O)c(C)n1CCc1ccccc1. The topological polar surface area (TPSA) is 79.7 Å². The van der Waals surface area contributed by atoms with Crippen molar-refractivity contribution in [1.29, 1.82) is 0 Å². The molecule has 1 fully saturated rings. The van der Waals surface area contributed by atoms with E-state index < -0.39 is 24.4 Å². The number of urea groups is 1. The Balaban J connectivity index is 1.47. The van der Waals surface area contributed by atoms with Crippen LogP contribution in [0.25, 0.3) is 0 Å². The van der Waals surface area contributed by atoms with E-state index in [-0.39, 0.29) is 12.3 Å². The second-order valence-corrected chi connectivity index (χ2v) is 8.77. The van der Waals surface area contributed by atoms with Crippen LogP contribution in [-0.2, 0) is 29.1 Å². The number of hydrogen-bond acceptors (Lipinski definition) is 5. The van der Waals surface area contributed by atoms with Gasteiger partial charge in [-0.2, -0.15) is 0 Å². The Morgan fingerprint density at radius 1 is 0.938 bits per heavy atom. The van der Waals surface area contributed by atoms with E-state index in [0.29, 0.717) is 12.1 Å². The molecule has 1 aliphatic rings. The number of Topliss-reactive ketones (excluding diaryl/α,β-unsaturated/α-hetero) is 1. The summed E-state index contributed by atoms with van der Waals surface area (Å²) in [6, 6.07) is 14.7. The van der Waals surface area contributed by atoms with Crippen molar-refractivity contribution in [2.24, 2.45) is 0 Å². The largest absolute Gasteiger partial charge is 0.348 e. The summed E-state index contributed by atoms with van der Waals surface area (Å²) in [5.74, 6) is -2.22. The van der Waals surface area contributed by atoms with Crippen LogP contribution in [0.4, 0.5) is 4.79 Å². The molecular formula is C24H23N3O4S. The van der Waals surface area contributed by atoms with E-state index in [1.165, 1.54) is 16.9 Å². The first kappa shape index (κ1) is 21.7. The summed E-state index contributed by atoms with van der Waals surface area (Å²) in [6.07, 6.45) is 0.820. The van der Waals surface area contributed by atoms with Gasteiger partial charge in [-0.15, -0.1) is 11.3 Å². The van der Waals surface area contributed by atoms with E-state index in [0.717, 1.165) is 32.5 Å². The Kier molecular flexibility index (Phi) is 6.05. The van der Waals surface area contributed by atoms with Crippen LogP contribution in [0.2, 0.25) is 0 Å². The minimum absolute atomic E-state index is 0.0275. The van der Waals surface area contributed by atoms with Crippen LogP contribution in [0.1, 0.15) is 32.2 Å². The predicted octanol–water partition coefficient (Wildman–Crippen LogP) is 3.58. The lowest BCUT2D eigenvalue weighted by Crippen LogP contribution is -2.36. The molecule has 0 unspecified atom stereocenters. The van der Waals surface area contributed by atoms with Gasteiger partial charge in [0, 0.05) is 28.4 Å². The highest BCUT2D eigenvalue weighted by molar-refractivity contribution is 7.09. The number of ketones is 1. The van der Waals surface area contributed by atoms with Gasteiger partial charge in [0.2, 0.25) is 0 Å². The van der Waals surface area contributed by atoms with Crippen molar-refractivity contribution >= 4 is 35.0 Å². The van der Waals surface area contributed by atoms with E-state index in [1.807, 2.05) is 43.5 Å². The van der Waals surface area contributed by atoms with Crippen LogP contribution in [0.5, 0.6) is 0 Å². The van der Waals surface area contributed by atoms with Gasteiger partial charge in [0.05, 0.1) is 13.1 Å². The highest BCUT2D eigenvalue weighted by atomic mass is 32.1. The molecule has 0 N–H and O–H groups in total. The first-order valence-electron chi connectivity index (χ1n) is 10.3. The number of benzene rings is 1. The van der Waals surface area contributed by atoms with Crippen LogP contribution in [0.3, 0.4) is 0 Å². The van der Waals surface area contributed by atoms with Gasteiger partial charge in [-0.25, -0.2) is 9.69 Å². The molecule has 3 heterocycles. The Labute approximate surface area is 189 Å². The molecule has 8 heteroatoms. The second kappa shape index (κ2) is 8.92. The fourth-order valence-corrected chi connectivity index (χ4v) is 4.62. The van der Waals surface area contributed by atoms with Crippen molar-refractivity contribution in [3.63, 3.8) is 0 Å². The Hall–Kier alpha value is -3.52. The van der Waals surface area contributed by atoms with Crippen molar-refractivity contribution in [3.8, 4) is 0 Å². The average Bonchev–Trinajstić information content (AvgIpc) is 3.45. The highest BCUT2D eigenvalue weighted by Gasteiger charge is 2.45. The first-order valence-corrected chi connectivity index (χ1v) is 11.2. The Morgan fingerprint density at radius 2 is 1.66 bits per heavy atom. The van der Waals surface area contributed by atoms with Gasteiger partial charge in [-0.05, 0) is 43.3 Å². The van der Waals surface area contributed by atoms with Crippen molar-refractivity contribution in [2.45, 2.75) is 33.4 Å². The number of nitrogens with zero attached hydrogens (tertiary/aromatic N) is 3. The lowest BCUT2D eigenvalue weighted by Gasteiger charge is -2.14. The van der Waals surface area contributed by atoms with E-state index >= 15 is 0 Å². The number of rotatable bonds is 8. The van der Waals surface area contributed by atoms with Gasteiger partial charge < -0.3 is 4.57 Å². The Morgan fingerprint density at radius 3 is 2.34 bits per heavy atom. The van der Waals surface area contributed by atoms with E-state index in [9.17, 15) is 19.2 Å². The number of amides is 4. The molecule has 2 aromatic heterocycles. The molecule has 1 aliphatic heterocycles. The maximum atomic E-state index is 13.0. The van der Waals surface area contributed by atoms with Gasteiger partial charge in [0.25, 0.3) is 0 Å². The van der Waals surface area contributed by atoms with Crippen LogP contribution in [-0.4, -0.2) is 44.5 Å². The summed E-state index contributed by atoms with van der Waals surface area (Å²) in [5, 5.41) is 1.83. The van der Waals surface area contributed by atoms with Gasteiger partial charge in [-0.3, -0.25) is 19.3 Å². The molecule has 0 spiro atoms. The average molecular weight is 450 g/mol. The second-order valence-electron chi connectivity index (χ2n) is 7.74. The van der Waals surface area contributed by atoms with Crippen molar-refractivity contribution in [1.82, 2.24) is 14.4 Å². The van der Waals surface area contributed by atoms with Crippen LogP contribution in [0, 0.1) is 13.8 Å². The summed E-state index contributed by atoms with van der Waals surface area (Å²) in [5.41, 5.74) is 3.37. The number of aromatic nitrogens is 1. The molecule has 4 rings (SSSR count). The maximum Gasteiger partial charge on any atom is 0.335 e. The summed E-state index contributed by atoms with van der Waals surface area (Å²) in [4.78, 5) is 52.8. The van der Waals surface area contributed by atoms with E-state index in [4.69, 9.17) is 0 Å². The number of carbonyl (C=O) groups excluding carboxylic acids is 4. The zero-order valence-electron chi connectivity index (χ0n) is 17.9. The molecular weight excluding hydrogens is 426 g/mol. The summed E-state index contributed by atoms with van der Waals surface area (Å²) < 4.78 is 2.06. The predicted molar refractivity (Wildman–Crippen MR) is 120 cm³/mol. The molecule has 0 bridgehead atoms. The molecule has 1 aromatic carbocycles. The minimum Gasteiger partial charge on any atom is -0.348 e. The quantitative estimate of drug-likeness (QED) is 0.299. The third-order valence-corrected chi connectivity index (χ3v) is 6.53. The minimum atomic E-state index is -0.960. The molecule has 3 aromatic rings. The fraction of sp³-hybridized carbons (Fsp3) is 0.250. The molecule has 0 atom stereocenters. The standard InChI is InChI=1S/C24H23N3O4S/c1-16-13-20(17(2)25(16)11-10-18-7-4-3-5-8-18)21(28)15-27-23(30)22(29)26(24(27)31)14-19-9-6-12-32-19/h3-9,12-13H,10-11,14-15H2,1-2H3. The molecule has 0 aliphatic carbocycles. The number of hydrogen-bond donors (Lipinski definition) is 0. The molecule has 164 valence electrons. The number of carbonyl (C=O) groups is 4. The van der Waals surface area contributed by atoms with Gasteiger partial charge in [0.15, 0.2) is 5.78 Å². The van der Waals surface area contributed by atoms with Crippen molar-refractivity contribution in [2.75, 3.05) is 6.54 Å². The third-order valence-electron chi connectivity index (χ3n) is 5.67. The van der Waals surface area contributed by atoms with Gasteiger partial charge in [-0.1, -0.05) is 36.4 Å². The first-order chi connectivity index (χ1) is 15.4.